The maximum absolute atomic E-state index is 5.96. The predicted molar refractivity (Wildman–Crippen MR) is 55.0 cm³/mol. The van der Waals surface area contributed by atoms with E-state index in [1.807, 2.05) is 19.1 Å². The highest BCUT2D eigenvalue weighted by atomic mass is 35.5. The minimum atomic E-state index is 0. The quantitative estimate of drug-likeness (QED) is 0.817. The van der Waals surface area contributed by atoms with Crippen LogP contribution >= 0.6 is 12.4 Å². The summed E-state index contributed by atoms with van der Waals surface area (Å²) in [5.41, 5.74) is 5.96. The molecule has 1 atom stereocenters. The van der Waals surface area contributed by atoms with E-state index in [1.165, 1.54) is 12.8 Å². The Morgan fingerprint density at radius 3 is 2.69 bits per heavy atom. The van der Waals surface area contributed by atoms with E-state index in [0.717, 1.165) is 23.9 Å². The van der Waals surface area contributed by atoms with Gasteiger partial charge in [0.15, 0.2) is 0 Å². The highest BCUT2D eigenvalue weighted by molar-refractivity contribution is 5.85. The Balaban J connectivity index is 0.000000845. The van der Waals surface area contributed by atoms with Crippen LogP contribution in [0.4, 0.5) is 0 Å². The van der Waals surface area contributed by atoms with Crippen LogP contribution in [0.5, 0.6) is 0 Å². The van der Waals surface area contributed by atoms with Gasteiger partial charge in [-0.1, -0.05) is 12.8 Å². The summed E-state index contributed by atoms with van der Waals surface area (Å²) in [6, 6.07) is 4.08. The summed E-state index contributed by atoms with van der Waals surface area (Å²) in [6.45, 7) is 1.95. The van der Waals surface area contributed by atoms with Gasteiger partial charge in [0.25, 0.3) is 0 Å². The summed E-state index contributed by atoms with van der Waals surface area (Å²) in [5.74, 6) is 2.76. The van der Waals surface area contributed by atoms with Crippen LogP contribution in [0.25, 0.3) is 0 Å². The predicted octanol–water partition coefficient (Wildman–Crippen LogP) is 2.81. The average Bonchev–Trinajstić information content (AvgIpc) is 2.72. The zero-order valence-corrected chi connectivity index (χ0v) is 8.64. The van der Waals surface area contributed by atoms with Gasteiger partial charge in [-0.05, 0) is 31.4 Å². The van der Waals surface area contributed by atoms with Gasteiger partial charge in [-0.2, -0.15) is 0 Å². The largest absolute Gasteiger partial charge is 0.465 e. The Labute approximate surface area is 84.9 Å². The molecule has 3 heteroatoms. The van der Waals surface area contributed by atoms with E-state index in [1.54, 1.807) is 0 Å². The molecule has 2 N–H and O–H groups in total. The van der Waals surface area contributed by atoms with Gasteiger partial charge >= 0.3 is 0 Å². The third-order valence-corrected chi connectivity index (χ3v) is 2.41. The van der Waals surface area contributed by atoms with Gasteiger partial charge in [0.2, 0.25) is 0 Å². The molecule has 1 saturated carbocycles. The summed E-state index contributed by atoms with van der Waals surface area (Å²) in [5, 5.41) is 0. The number of halogens is 1. The highest BCUT2D eigenvalue weighted by Gasteiger charge is 2.25. The van der Waals surface area contributed by atoms with E-state index in [-0.39, 0.29) is 18.4 Å². The molecule has 1 heterocycles. The maximum atomic E-state index is 5.96. The van der Waals surface area contributed by atoms with E-state index < -0.39 is 0 Å². The fraction of sp³-hybridized carbons (Fsp3) is 0.600. The van der Waals surface area contributed by atoms with Crippen molar-refractivity contribution >= 4 is 12.4 Å². The molecule has 0 radical (unpaired) electrons. The molecule has 0 bridgehead atoms. The van der Waals surface area contributed by atoms with E-state index in [9.17, 15) is 0 Å². The number of hydrogen-bond acceptors (Lipinski definition) is 2. The molecular formula is C10H16ClNO. The van der Waals surface area contributed by atoms with E-state index in [0.29, 0.717) is 0 Å². The van der Waals surface area contributed by atoms with Crippen molar-refractivity contribution in [2.75, 3.05) is 0 Å². The molecular weight excluding hydrogens is 186 g/mol. The second kappa shape index (κ2) is 4.16. The first-order chi connectivity index (χ1) is 5.75. The van der Waals surface area contributed by atoms with Gasteiger partial charge in [-0.15, -0.1) is 12.4 Å². The van der Waals surface area contributed by atoms with Gasteiger partial charge in [0, 0.05) is 0 Å². The Morgan fingerprint density at radius 1 is 1.54 bits per heavy atom. The molecule has 1 aliphatic carbocycles. The van der Waals surface area contributed by atoms with E-state index >= 15 is 0 Å². The summed E-state index contributed by atoms with van der Waals surface area (Å²) in [7, 11) is 0. The van der Waals surface area contributed by atoms with Gasteiger partial charge in [0.05, 0.1) is 6.04 Å². The Kier molecular flexibility index (Phi) is 3.40. The van der Waals surface area contributed by atoms with E-state index in [2.05, 4.69) is 0 Å². The SMILES string of the molecule is Cc1ccc([C@@H](N)CC2CC2)o1.Cl. The van der Waals surface area contributed by atoms with Crippen molar-refractivity contribution in [3.05, 3.63) is 23.7 Å². The van der Waals surface area contributed by atoms with Crippen LogP contribution in [0, 0.1) is 12.8 Å². The topological polar surface area (TPSA) is 39.2 Å². The molecule has 0 amide bonds. The second-order valence-electron chi connectivity index (χ2n) is 3.73. The minimum absolute atomic E-state index is 0. The van der Waals surface area contributed by atoms with Crippen LogP contribution in [-0.4, -0.2) is 0 Å². The number of aryl methyl sites for hydroxylation is 1. The lowest BCUT2D eigenvalue weighted by Crippen LogP contribution is -2.09. The molecule has 1 aliphatic rings. The van der Waals surface area contributed by atoms with Crippen LogP contribution in [0.1, 0.15) is 36.8 Å². The molecule has 2 rings (SSSR count). The molecule has 0 unspecified atom stereocenters. The van der Waals surface area contributed by atoms with Crippen molar-refractivity contribution in [2.45, 2.75) is 32.2 Å². The van der Waals surface area contributed by atoms with Crippen molar-refractivity contribution in [1.82, 2.24) is 0 Å². The fourth-order valence-corrected chi connectivity index (χ4v) is 1.48. The van der Waals surface area contributed by atoms with Crippen molar-refractivity contribution in [2.24, 2.45) is 11.7 Å². The molecule has 74 valence electrons. The lowest BCUT2D eigenvalue weighted by molar-refractivity contribution is 0.425. The molecule has 0 aromatic carbocycles. The molecule has 13 heavy (non-hydrogen) atoms. The lowest BCUT2D eigenvalue weighted by Gasteiger charge is -2.06. The Morgan fingerprint density at radius 2 is 2.23 bits per heavy atom. The standard InChI is InChI=1S/C10H15NO.ClH/c1-7-2-5-10(12-7)9(11)6-8-3-4-8;/h2,5,8-9H,3-4,6,11H2,1H3;1H/t9-;/m0./s1. The number of nitrogens with two attached hydrogens (primary N) is 1. The zero-order chi connectivity index (χ0) is 8.55. The first kappa shape index (κ1) is 10.6. The maximum Gasteiger partial charge on any atom is 0.120 e. The summed E-state index contributed by atoms with van der Waals surface area (Å²) < 4.78 is 5.45. The lowest BCUT2D eigenvalue weighted by atomic mass is 10.1. The van der Waals surface area contributed by atoms with Crippen molar-refractivity contribution in [1.29, 1.82) is 0 Å². The monoisotopic (exact) mass is 201 g/mol. The van der Waals surface area contributed by atoms with Crippen LogP contribution in [0.15, 0.2) is 16.5 Å². The van der Waals surface area contributed by atoms with Crippen LogP contribution in [0.3, 0.4) is 0 Å². The fourth-order valence-electron chi connectivity index (χ4n) is 1.48. The zero-order valence-electron chi connectivity index (χ0n) is 7.82. The highest BCUT2D eigenvalue weighted by Crippen LogP contribution is 2.36. The smallest absolute Gasteiger partial charge is 0.120 e. The number of rotatable bonds is 3. The molecule has 1 aromatic heterocycles. The number of furan rings is 1. The molecule has 2 nitrogen and oxygen atoms in total. The Bertz CT molecular complexity index is 268. The normalized spacial score (nSPS) is 18.0. The van der Waals surface area contributed by atoms with Gasteiger partial charge < -0.3 is 10.2 Å². The first-order valence-electron chi connectivity index (χ1n) is 4.57. The van der Waals surface area contributed by atoms with Gasteiger partial charge in [-0.25, -0.2) is 0 Å². The van der Waals surface area contributed by atoms with E-state index in [4.69, 9.17) is 10.2 Å². The number of hydrogen-bond donors (Lipinski definition) is 1. The molecule has 1 fully saturated rings. The third-order valence-electron chi connectivity index (χ3n) is 2.41. The van der Waals surface area contributed by atoms with Crippen LogP contribution in [0.2, 0.25) is 0 Å². The molecule has 0 aliphatic heterocycles. The molecule has 0 saturated heterocycles. The van der Waals surface area contributed by atoms with Crippen molar-refractivity contribution in [3.8, 4) is 0 Å². The van der Waals surface area contributed by atoms with Gasteiger partial charge in [0.1, 0.15) is 11.5 Å². The first-order valence-corrected chi connectivity index (χ1v) is 4.57. The van der Waals surface area contributed by atoms with Crippen molar-refractivity contribution < 1.29 is 4.42 Å². The van der Waals surface area contributed by atoms with Crippen LogP contribution < -0.4 is 5.73 Å². The van der Waals surface area contributed by atoms with Crippen LogP contribution in [-0.2, 0) is 0 Å². The second-order valence-corrected chi connectivity index (χ2v) is 3.73. The summed E-state index contributed by atoms with van der Waals surface area (Å²) in [4.78, 5) is 0. The minimum Gasteiger partial charge on any atom is -0.465 e. The summed E-state index contributed by atoms with van der Waals surface area (Å²) in [6.07, 6.45) is 3.80. The summed E-state index contributed by atoms with van der Waals surface area (Å²) >= 11 is 0. The molecule has 0 spiro atoms. The Hall–Kier alpha value is -0.470. The van der Waals surface area contributed by atoms with Gasteiger partial charge in [-0.3, -0.25) is 0 Å². The third kappa shape index (κ3) is 2.75. The van der Waals surface area contributed by atoms with Crippen molar-refractivity contribution in [3.63, 3.8) is 0 Å². The average molecular weight is 202 g/mol. The molecule has 1 aromatic rings.